The molecular formula is C20H27N5O2S. The van der Waals surface area contributed by atoms with Crippen LogP contribution < -0.4 is 15.5 Å². The molecule has 2 N–H and O–H groups in total. The Bertz CT molecular complexity index is 803. The van der Waals surface area contributed by atoms with E-state index in [-0.39, 0.29) is 11.8 Å². The topological polar surface area (TPSA) is 77.6 Å². The van der Waals surface area contributed by atoms with Gasteiger partial charge in [0.2, 0.25) is 0 Å². The molecule has 8 heteroatoms. The van der Waals surface area contributed by atoms with Crippen LogP contribution in [0.25, 0.3) is 0 Å². The third-order valence-corrected chi connectivity index (χ3v) is 5.58. The minimum Gasteiger partial charge on any atom is -0.353 e. The van der Waals surface area contributed by atoms with Crippen LogP contribution in [0.2, 0.25) is 0 Å². The lowest BCUT2D eigenvalue weighted by molar-refractivity contribution is 0.0793. The predicted molar refractivity (Wildman–Crippen MR) is 113 cm³/mol. The minimum absolute atomic E-state index is 0.0679. The first-order chi connectivity index (χ1) is 13.6. The second kappa shape index (κ2) is 9.66. The summed E-state index contributed by atoms with van der Waals surface area (Å²) < 4.78 is 0. The van der Waals surface area contributed by atoms with Crippen LogP contribution in [-0.2, 0) is 0 Å². The van der Waals surface area contributed by atoms with Crippen LogP contribution in [0.4, 0.5) is 11.5 Å². The van der Waals surface area contributed by atoms with E-state index in [1.165, 1.54) is 11.3 Å². The summed E-state index contributed by atoms with van der Waals surface area (Å²) in [5, 5.41) is 8.03. The van der Waals surface area contributed by atoms with Gasteiger partial charge in [-0.2, -0.15) is 0 Å². The lowest BCUT2D eigenvalue weighted by atomic mass is 10.1. The van der Waals surface area contributed by atoms with E-state index in [1.807, 2.05) is 18.5 Å². The van der Waals surface area contributed by atoms with Crippen LogP contribution in [0, 0.1) is 0 Å². The highest BCUT2D eigenvalue weighted by Gasteiger charge is 2.23. The van der Waals surface area contributed by atoms with Crippen molar-refractivity contribution in [2.75, 3.05) is 50.0 Å². The van der Waals surface area contributed by atoms with E-state index in [2.05, 4.69) is 27.4 Å². The molecule has 3 heterocycles. The van der Waals surface area contributed by atoms with Gasteiger partial charge in [0.1, 0.15) is 5.82 Å². The second-order valence-corrected chi connectivity index (χ2v) is 7.79. The number of pyridine rings is 1. The number of rotatable bonds is 7. The summed E-state index contributed by atoms with van der Waals surface area (Å²) in [6.07, 6.45) is 3.61. The average molecular weight is 402 g/mol. The molecular weight excluding hydrogens is 374 g/mol. The molecule has 0 aromatic carbocycles. The van der Waals surface area contributed by atoms with Gasteiger partial charge in [0, 0.05) is 39.8 Å². The number of amides is 2. The first kappa shape index (κ1) is 20.3. The number of carbonyl (C=O) groups excluding carboxylic acids is 2. The Hall–Kier alpha value is -2.45. The zero-order valence-corrected chi connectivity index (χ0v) is 17.2. The van der Waals surface area contributed by atoms with Crippen molar-refractivity contribution in [3.63, 3.8) is 0 Å². The van der Waals surface area contributed by atoms with Crippen LogP contribution in [0.15, 0.2) is 29.8 Å². The number of hydrogen-bond acceptors (Lipinski definition) is 6. The standard InChI is InChI=1S/C20H27N5O2S/c1-3-4-9-24(2)20(27)16-13-15(23-19(26)17-6-5-12-28-17)14-22-18(16)25-10-7-21-8-11-25/h5-6,12-14,21H,3-4,7-11H2,1-2H3,(H,23,26). The summed E-state index contributed by atoms with van der Waals surface area (Å²) in [6, 6.07) is 5.36. The predicted octanol–water partition coefficient (Wildman–Crippen LogP) is 2.68. The highest BCUT2D eigenvalue weighted by molar-refractivity contribution is 7.12. The Morgan fingerprint density at radius 3 is 2.82 bits per heavy atom. The smallest absolute Gasteiger partial charge is 0.265 e. The highest BCUT2D eigenvalue weighted by atomic mass is 32.1. The Labute approximate surface area is 169 Å². The van der Waals surface area contributed by atoms with E-state index in [4.69, 9.17) is 0 Å². The minimum atomic E-state index is -0.190. The van der Waals surface area contributed by atoms with Gasteiger partial charge in [-0.05, 0) is 23.9 Å². The van der Waals surface area contributed by atoms with Crippen molar-refractivity contribution in [1.82, 2.24) is 15.2 Å². The van der Waals surface area contributed by atoms with Crippen LogP contribution in [0.5, 0.6) is 0 Å². The summed E-state index contributed by atoms with van der Waals surface area (Å²) in [5.74, 6) is 0.426. The molecule has 150 valence electrons. The quantitative estimate of drug-likeness (QED) is 0.746. The van der Waals surface area contributed by atoms with E-state index in [9.17, 15) is 9.59 Å². The number of piperazine rings is 1. The summed E-state index contributed by atoms with van der Waals surface area (Å²) in [7, 11) is 1.82. The molecule has 1 aliphatic rings. The first-order valence-corrected chi connectivity index (χ1v) is 10.5. The molecule has 0 aliphatic carbocycles. The van der Waals surface area contributed by atoms with Crippen molar-refractivity contribution in [3.05, 3.63) is 40.2 Å². The maximum absolute atomic E-state index is 13.1. The first-order valence-electron chi connectivity index (χ1n) is 9.66. The normalized spacial score (nSPS) is 14.0. The molecule has 7 nitrogen and oxygen atoms in total. The van der Waals surface area contributed by atoms with E-state index in [0.717, 1.165) is 39.0 Å². The molecule has 0 bridgehead atoms. The summed E-state index contributed by atoms with van der Waals surface area (Å²) >= 11 is 1.38. The number of nitrogens with zero attached hydrogens (tertiary/aromatic N) is 3. The number of anilines is 2. The van der Waals surface area contributed by atoms with Crippen LogP contribution >= 0.6 is 11.3 Å². The summed E-state index contributed by atoms with van der Waals surface area (Å²) in [6.45, 7) is 6.12. The lowest BCUT2D eigenvalue weighted by Gasteiger charge is -2.30. The fraction of sp³-hybridized carbons (Fsp3) is 0.450. The maximum atomic E-state index is 13.1. The van der Waals surface area contributed by atoms with Gasteiger partial charge >= 0.3 is 0 Å². The zero-order valence-electron chi connectivity index (χ0n) is 16.4. The molecule has 1 saturated heterocycles. The average Bonchev–Trinajstić information content (AvgIpc) is 3.27. The number of carbonyl (C=O) groups is 2. The molecule has 0 atom stereocenters. The van der Waals surface area contributed by atoms with Crippen LogP contribution in [0.3, 0.4) is 0 Å². The van der Waals surface area contributed by atoms with E-state index >= 15 is 0 Å². The van der Waals surface area contributed by atoms with Gasteiger partial charge in [-0.15, -0.1) is 11.3 Å². The second-order valence-electron chi connectivity index (χ2n) is 6.84. The number of hydrogen-bond donors (Lipinski definition) is 2. The van der Waals surface area contributed by atoms with Gasteiger partial charge in [0.05, 0.1) is 22.3 Å². The number of nitrogens with one attached hydrogen (secondary N) is 2. The summed E-state index contributed by atoms with van der Waals surface area (Å²) in [5.41, 5.74) is 1.06. The molecule has 0 saturated carbocycles. The molecule has 0 spiro atoms. The Balaban J connectivity index is 1.87. The van der Waals surface area contributed by atoms with Crippen molar-refractivity contribution in [2.45, 2.75) is 19.8 Å². The molecule has 0 unspecified atom stereocenters. The molecule has 2 aromatic heterocycles. The number of unbranched alkanes of at least 4 members (excludes halogenated alkanes) is 1. The molecule has 1 fully saturated rings. The van der Waals surface area contributed by atoms with Crippen molar-refractivity contribution in [2.24, 2.45) is 0 Å². The highest BCUT2D eigenvalue weighted by Crippen LogP contribution is 2.24. The van der Waals surface area contributed by atoms with Crippen molar-refractivity contribution in [3.8, 4) is 0 Å². The van der Waals surface area contributed by atoms with E-state index in [1.54, 1.807) is 23.2 Å². The molecule has 0 radical (unpaired) electrons. The Morgan fingerprint density at radius 1 is 1.36 bits per heavy atom. The fourth-order valence-corrected chi connectivity index (χ4v) is 3.73. The zero-order chi connectivity index (χ0) is 19.9. The lowest BCUT2D eigenvalue weighted by Crippen LogP contribution is -2.45. The molecule has 1 aliphatic heterocycles. The van der Waals surface area contributed by atoms with Crippen LogP contribution in [0.1, 0.15) is 39.8 Å². The van der Waals surface area contributed by atoms with Gasteiger partial charge in [0.15, 0.2) is 0 Å². The Kier molecular flexibility index (Phi) is 7.00. The maximum Gasteiger partial charge on any atom is 0.265 e. The van der Waals surface area contributed by atoms with E-state index < -0.39 is 0 Å². The van der Waals surface area contributed by atoms with Crippen LogP contribution in [-0.4, -0.2) is 61.5 Å². The number of aromatic nitrogens is 1. The third kappa shape index (κ3) is 4.88. The van der Waals surface area contributed by atoms with Crippen molar-refractivity contribution < 1.29 is 9.59 Å². The van der Waals surface area contributed by atoms with Crippen molar-refractivity contribution in [1.29, 1.82) is 0 Å². The van der Waals surface area contributed by atoms with Gasteiger partial charge in [-0.25, -0.2) is 4.98 Å². The number of thiophene rings is 1. The van der Waals surface area contributed by atoms with Gasteiger partial charge in [-0.1, -0.05) is 19.4 Å². The molecule has 2 amide bonds. The van der Waals surface area contributed by atoms with Gasteiger partial charge < -0.3 is 20.4 Å². The third-order valence-electron chi connectivity index (χ3n) is 4.71. The molecule has 3 rings (SSSR count). The van der Waals surface area contributed by atoms with Crippen molar-refractivity contribution >= 4 is 34.7 Å². The fourth-order valence-electron chi connectivity index (χ4n) is 3.11. The molecule has 28 heavy (non-hydrogen) atoms. The molecule has 2 aromatic rings. The van der Waals surface area contributed by atoms with E-state index in [0.29, 0.717) is 28.5 Å². The largest absolute Gasteiger partial charge is 0.353 e. The van der Waals surface area contributed by atoms with Gasteiger partial charge in [-0.3, -0.25) is 9.59 Å². The Morgan fingerprint density at radius 2 is 2.14 bits per heavy atom. The SMILES string of the molecule is CCCCN(C)C(=O)c1cc(NC(=O)c2cccs2)cnc1N1CCNCC1. The summed E-state index contributed by atoms with van der Waals surface area (Å²) in [4.78, 5) is 34.5. The van der Waals surface area contributed by atoms with Gasteiger partial charge in [0.25, 0.3) is 11.8 Å². The monoisotopic (exact) mass is 401 g/mol.